The van der Waals surface area contributed by atoms with Crippen molar-refractivity contribution in [3.63, 3.8) is 0 Å². The average Bonchev–Trinajstić information content (AvgIpc) is 2.86. The van der Waals surface area contributed by atoms with E-state index in [4.69, 9.17) is 27.3 Å². The van der Waals surface area contributed by atoms with Gasteiger partial charge in [0.1, 0.15) is 12.4 Å². The Morgan fingerprint density at radius 1 is 1.22 bits per heavy atom. The van der Waals surface area contributed by atoms with Crippen LogP contribution in [0.5, 0.6) is 5.75 Å². The summed E-state index contributed by atoms with van der Waals surface area (Å²) in [5, 5.41) is 16.4. The molecule has 0 saturated heterocycles. The van der Waals surface area contributed by atoms with Crippen LogP contribution in [0.2, 0.25) is 5.02 Å². The number of aliphatic carboxylic acids is 1. The largest absolute Gasteiger partial charge is 0.492 e. The van der Waals surface area contributed by atoms with Crippen LogP contribution in [0.3, 0.4) is 0 Å². The molecule has 0 aromatic heterocycles. The lowest BCUT2D eigenvalue weighted by Crippen LogP contribution is -2.37. The molecule has 0 heterocycles. The van der Waals surface area contributed by atoms with Crippen molar-refractivity contribution in [2.24, 2.45) is 10.9 Å². The van der Waals surface area contributed by atoms with Crippen LogP contribution in [-0.2, 0) is 4.79 Å². The standard InChI is InChI=1S/C27H35ClN4O4S/c1-5-6-14-32(26(35)22-9-7-8-10-23(22)28)27(31-29)37-20(4)21-16-18(2)25(19(3)17-21)36-15-13-30-12-11-24(33)34/h7-10,16-17,30H,4-6,11-15,29H2,1-3H3,(H,33,34)/b31-27-. The predicted octanol–water partition coefficient (Wildman–Crippen LogP) is 5.28. The number of thioether (sulfide) groups is 1. The van der Waals surface area contributed by atoms with Crippen LogP contribution in [0.25, 0.3) is 4.91 Å². The molecule has 0 aliphatic heterocycles. The molecular formula is C27H35ClN4O4S. The molecule has 0 fully saturated rings. The van der Waals surface area contributed by atoms with Gasteiger partial charge in [0.2, 0.25) is 0 Å². The van der Waals surface area contributed by atoms with Crippen LogP contribution in [0.15, 0.2) is 48.1 Å². The molecule has 0 aliphatic carbocycles. The van der Waals surface area contributed by atoms with Gasteiger partial charge in [-0.25, -0.2) is 0 Å². The van der Waals surface area contributed by atoms with E-state index in [-0.39, 0.29) is 12.3 Å². The molecular weight excluding hydrogens is 512 g/mol. The Bertz CT molecular complexity index is 1120. The number of nitrogens with one attached hydrogen (secondary N) is 1. The summed E-state index contributed by atoms with van der Waals surface area (Å²) < 4.78 is 5.93. The van der Waals surface area contributed by atoms with E-state index in [2.05, 4.69) is 17.0 Å². The van der Waals surface area contributed by atoms with Crippen LogP contribution in [0, 0.1) is 13.8 Å². The molecule has 8 nitrogen and oxygen atoms in total. The number of hydrogen-bond donors (Lipinski definition) is 3. The topological polar surface area (TPSA) is 117 Å². The third-order valence-corrected chi connectivity index (χ3v) is 6.78. The zero-order valence-electron chi connectivity index (χ0n) is 21.6. The Morgan fingerprint density at radius 2 is 1.89 bits per heavy atom. The number of carboxylic acids is 1. The fourth-order valence-electron chi connectivity index (χ4n) is 3.59. The number of benzene rings is 2. The summed E-state index contributed by atoms with van der Waals surface area (Å²) >= 11 is 7.52. The molecule has 10 heteroatoms. The summed E-state index contributed by atoms with van der Waals surface area (Å²) in [6.45, 7) is 12.0. The fourth-order valence-corrected chi connectivity index (χ4v) is 4.59. The van der Waals surface area contributed by atoms with E-state index in [0.29, 0.717) is 46.9 Å². The maximum atomic E-state index is 13.4. The van der Waals surface area contributed by atoms with Gasteiger partial charge in [-0.2, -0.15) is 5.10 Å². The SMILES string of the molecule is C=C(S/C(=N\N)N(CCCC)C(=O)c1ccccc1Cl)c1cc(C)c(OCCNCCC(=O)O)c(C)c1. The van der Waals surface area contributed by atoms with E-state index in [1.54, 1.807) is 29.2 Å². The maximum absolute atomic E-state index is 13.4. The van der Waals surface area contributed by atoms with Crippen LogP contribution < -0.4 is 15.9 Å². The highest BCUT2D eigenvalue weighted by molar-refractivity contribution is 8.21. The molecule has 200 valence electrons. The summed E-state index contributed by atoms with van der Waals surface area (Å²) in [6.07, 6.45) is 1.74. The summed E-state index contributed by atoms with van der Waals surface area (Å²) in [5.41, 5.74) is 3.12. The van der Waals surface area contributed by atoms with Gasteiger partial charge in [0.05, 0.1) is 17.0 Å². The van der Waals surface area contributed by atoms with Crippen LogP contribution >= 0.6 is 23.4 Å². The van der Waals surface area contributed by atoms with E-state index in [9.17, 15) is 9.59 Å². The second-order valence-corrected chi connectivity index (χ2v) is 9.88. The molecule has 37 heavy (non-hydrogen) atoms. The lowest BCUT2D eigenvalue weighted by Gasteiger charge is -2.24. The van der Waals surface area contributed by atoms with Gasteiger partial charge in [0.15, 0.2) is 5.17 Å². The van der Waals surface area contributed by atoms with Gasteiger partial charge in [0.25, 0.3) is 5.91 Å². The molecule has 0 bridgehead atoms. The summed E-state index contributed by atoms with van der Waals surface area (Å²) in [4.78, 5) is 26.2. The number of amides is 1. The van der Waals surface area contributed by atoms with Crippen molar-refractivity contribution in [1.82, 2.24) is 10.2 Å². The van der Waals surface area contributed by atoms with Crippen molar-refractivity contribution >= 4 is 45.3 Å². The van der Waals surface area contributed by atoms with Crippen molar-refractivity contribution in [3.05, 3.63) is 70.3 Å². The number of unbranched alkanes of at least 4 members (excludes halogenated alkanes) is 1. The van der Waals surface area contributed by atoms with Gasteiger partial charge in [0, 0.05) is 24.5 Å². The number of ether oxygens (including phenoxy) is 1. The quantitative estimate of drug-likeness (QED) is 0.103. The zero-order valence-corrected chi connectivity index (χ0v) is 23.1. The summed E-state index contributed by atoms with van der Waals surface area (Å²) in [6, 6.07) is 10.8. The summed E-state index contributed by atoms with van der Waals surface area (Å²) in [7, 11) is 0. The number of carbonyl (C=O) groups is 2. The molecule has 0 unspecified atom stereocenters. The molecule has 2 aromatic carbocycles. The Morgan fingerprint density at radius 3 is 2.49 bits per heavy atom. The van der Waals surface area contributed by atoms with Gasteiger partial charge >= 0.3 is 5.97 Å². The molecule has 4 N–H and O–H groups in total. The monoisotopic (exact) mass is 546 g/mol. The molecule has 1 amide bonds. The smallest absolute Gasteiger partial charge is 0.304 e. The number of hydrazone groups is 1. The molecule has 2 rings (SSSR count). The molecule has 0 spiro atoms. The van der Waals surface area contributed by atoms with Gasteiger partial charge in [-0.1, -0.05) is 43.7 Å². The predicted molar refractivity (Wildman–Crippen MR) is 152 cm³/mol. The number of halogens is 1. The Hall–Kier alpha value is -3.01. The number of amidine groups is 1. The first-order valence-electron chi connectivity index (χ1n) is 12.1. The van der Waals surface area contributed by atoms with Gasteiger partial charge in [-0.3, -0.25) is 14.5 Å². The van der Waals surface area contributed by atoms with Crippen LogP contribution in [-0.4, -0.2) is 53.3 Å². The van der Waals surface area contributed by atoms with E-state index < -0.39 is 5.97 Å². The number of carbonyl (C=O) groups excluding carboxylic acids is 1. The number of hydrogen-bond acceptors (Lipinski definition) is 7. The first kappa shape index (κ1) is 30.2. The minimum absolute atomic E-state index is 0.0699. The maximum Gasteiger partial charge on any atom is 0.304 e. The minimum Gasteiger partial charge on any atom is -0.492 e. The molecule has 0 saturated carbocycles. The Kier molecular flexibility index (Phi) is 12.5. The molecule has 0 atom stereocenters. The Labute approximate surface area is 227 Å². The van der Waals surface area contributed by atoms with Crippen molar-refractivity contribution in [1.29, 1.82) is 0 Å². The van der Waals surface area contributed by atoms with Crippen LogP contribution in [0.4, 0.5) is 0 Å². The fraction of sp³-hybridized carbons (Fsp3) is 0.370. The lowest BCUT2D eigenvalue weighted by molar-refractivity contribution is -0.136. The normalized spacial score (nSPS) is 11.3. The molecule has 0 radical (unpaired) electrons. The lowest BCUT2D eigenvalue weighted by atomic mass is 10.1. The molecule has 2 aromatic rings. The van der Waals surface area contributed by atoms with E-state index >= 15 is 0 Å². The van der Waals surface area contributed by atoms with Crippen molar-refractivity contribution < 1.29 is 19.4 Å². The van der Waals surface area contributed by atoms with E-state index in [0.717, 1.165) is 35.3 Å². The number of aryl methyl sites for hydroxylation is 2. The highest BCUT2D eigenvalue weighted by Gasteiger charge is 2.24. The third kappa shape index (κ3) is 9.10. The van der Waals surface area contributed by atoms with Crippen LogP contribution in [0.1, 0.15) is 53.2 Å². The van der Waals surface area contributed by atoms with Crippen molar-refractivity contribution in [2.45, 2.75) is 40.0 Å². The number of nitrogens with two attached hydrogens (primary N) is 1. The first-order chi connectivity index (χ1) is 17.7. The van der Waals surface area contributed by atoms with Gasteiger partial charge in [-0.15, -0.1) is 0 Å². The highest BCUT2D eigenvalue weighted by atomic mass is 35.5. The number of carboxylic acid groups (broad SMARTS) is 1. The highest BCUT2D eigenvalue weighted by Crippen LogP contribution is 2.34. The second kappa shape index (κ2) is 15.3. The first-order valence-corrected chi connectivity index (χ1v) is 13.3. The zero-order chi connectivity index (χ0) is 27.4. The van der Waals surface area contributed by atoms with E-state index in [1.807, 2.05) is 32.9 Å². The summed E-state index contributed by atoms with van der Waals surface area (Å²) in [5.74, 6) is 5.43. The third-order valence-electron chi connectivity index (χ3n) is 5.46. The van der Waals surface area contributed by atoms with Crippen molar-refractivity contribution in [2.75, 3.05) is 26.2 Å². The second-order valence-electron chi connectivity index (χ2n) is 8.41. The van der Waals surface area contributed by atoms with Gasteiger partial charge < -0.3 is 21.0 Å². The van der Waals surface area contributed by atoms with E-state index in [1.165, 1.54) is 11.8 Å². The van der Waals surface area contributed by atoms with Crippen molar-refractivity contribution in [3.8, 4) is 5.75 Å². The number of rotatable bonds is 13. The molecule has 0 aliphatic rings. The van der Waals surface area contributed by atoms with Gasteiger partial charge in [-0.05, 0) is 73.0 Å². The number of nitrogens with zero attached hydrogens (tertiary/aromatic N) is 2. The average molecular weight is 547 g/mol. The minimum atomic E-state index is -0.835. The Balaban J connectivity index is 2.13.